The standard InChI is InChI=1S/C18H22N2O4S/c1-13(2)11-24-17-5-3-4-15(10-17)18(21)20-16-8-6-14(7-9-16)12-25(19,22)23/h3-10,13H,11-12H2,1-2H3,(H,20,21)(H2,19,22,23). The molecule has 0 atom stereocenters. The zero-order chi connectivity index (χ0) is 18.4. The van der Waals surface area contributed by atoms with Crippen LogP contribution in [0.25, 0.3) is 0 Å². The molecule has 2 aromatic carbocycles. The van der Waals surface area contributed by atoms with E-state index in [2.05, 4.69) is 19.2 Å². The molecule has 0 saturated heterocycles. The zero-order valence-corrected chi connectivity index (χ0v) is 15.0. The topological polar surface area (TPSA) is 98.5 Å². The molecule has 0 heterocycles. The number of carbonyl (C=O) groups excluding carboxylic acids is 1. The van der Waals surface area contributed by atoms with Gasteiger partial charge in [-0.05, 0) is 41.8 Å². The van der Waals surface area contributed by atoms with Crippen molar-refractivity contribution in [1.29, 1.82) is 0 Å². The average molecular weight is 362 g/mol. The Balaban J connectivity index is 2.03. The van der Waals surface area contributed by atoms with Crippen LogP contribution in [0.1, 0.15) is 29.8 Å². The minimum Gasteiger partial charge on any atom is -0.493 e. The molecule has 2 aromatic rings. The van der Waals surface area contributed by atoms with E-state index in [1.165, 1.54) is 0 Å². The molecule has 25 heavy (non-hydrogen) atoms. The van der Waals surface area contributed by atoms with E-state index in [1.807, 2.05) is 0 Å². The highest BCUT2D eigenvalue weighted by Gasteiger charge is 2.09. The first-order valence-corrected chi connectivity index (χ1v) is 9.58. The Morgan fingerprint density at radius 3 is 2.44 bits per heavy atom. The Morgan fingerprint density at radius 1 is 1.16 bits per heavy atom. The quantitative estimate of drug-likeness (QED) is 0.791. The Morgan fingerprint density at radius 2 is 1.84 bits per heavy atom. The second-order valence-electron chi connectivity index (χ2n) is 6.19. The SMILES string of the molecule is CC(C)COc1cccc(C(=O)Nc2ccc(CS(N)(=O)=O)cc2)c1. The molecular weight excluding hydrogens is 340 g/mol. The van der Waals surface area contributed by atoms with E-state index in [-0.39, 0.29) is 11.7 Å². The molecule has 0 bridgehead atoms. The smallest absolute Gasteiger partial charge is 0.255 e. The lowest BCUT2D eigenvalue weighted by atomic mass is 10.2. The molecule has 0 aliphatic heterocycles. The van der Waals surface area contributed by atoms with Gasteiger partial charge in [0.2, 0.25) is 10.0 Å². The van der Waals surface area contributed by atoms with Crippen molar-refractivity contribution in [2.75, 3.05) is 11.9 Å². The largest absolute Gasteiger partial charge is 0.493 e. The summed E-state index contributed by atoms with van der Waals surface area (Å²) in [6, 6.07) is 13.5. The third-order valence-electron chi connectivity index (χ3n) is 3.26. The molecular formula is C18H22N2O4S. The van der Waals surface area contributed by atoms with E-state index in [0.717, 1.165) is 0 Å². The van der Waals surface area contributed by atoms with E-state index in [0.29, 0.717) is 35.1 Å². The zero-order valence-electron chi connectivity index (χ0n) is 14.2. The van der Waals surface area contributed by atoms with Gasteiger partial charge in [-0.2, -0.15) is 0 Å². The first-order chi connectivity index (χ1) is 11.7. The van der Waals surface area contributed by atoms with Crippen molar-refractivity contribution in [2.24, 2.45) is 11.1 Å². The minimum atomic E-state index is -3.57. The fourth-order valence-corrected chi connectivity index (χ4v) is 2.77. The maximum Gasteiger partial charge on any atom is 0.255 e. The predicted molar refractivity (Wildman–Crippen MR) is 98.0 cm³/mol. The van der Waals surface area contributed by atoms with Crippen LogP contribution in [0.2, 0.25) is 0 Å². The van der Waals surface area contributed by atoms with E-state index in [9.17, 15) is 13.2 Å². The van der Waals surface area contributed by atoms with Crippen LogP contribution in [0.3, 0.4) is 0 Å². The summed E-state index contributed by atoms with van der Waals surface area (Å²) in [5, 5.41) is 7.78. The van der Waals surface area contributed by atoms with E-state index in [4.69, 9.17) is 9.88 Å². The number of anilines is 1. The Kier molecular flexibility index (Phi) is 6.17. The van der Waals surface area contributed by atoms with Gasteiger partial charge < -0.3 is 10.1 Å². The predicted octanol–water partition coefficient (Wildman–Crippen LogP) is 2.76. The molecule has 0 unspecified atom stereocenters. The molecule has 7 heteroatoms. The third kappa shape index (κ3) is 6.56. The highest BCUT2D eigenvalue weighted by Crippen LogP contribution is 2.17. The summed E-state index contributed by atoms with van der Waals surface area (Å²) in [4.78, 5) is 12.3. The summed E-state index contributed by atoms with van der Waals surface area (Å²) in [7, 11) is -3.57. The molecule has 2 rings (SSSR count). The molecule has 3 N–H and O–H groups in total. The lowest BCUT2D eigenvalue weighted by molar-refractivity contribution is 0.102. The monoisotopic (exact) mass is 362 g/mol. The van der Waals surface area contributed by atoms with Crippen LogP contribution >= 0.6 is 0 Å². The van der Waals surface area contributed by atoms with Crippen LogP contribution in [0, 0.1) is 5.92 Å². The van der Waals surface area contributed by atoms with Crippen LogP contribution in [0.5, 0.6) is 5.75 Å². The summed E-state index contributed by atoms with van der Waals surface area (Å²) in [6.45, 7) is 4.68. The molecule has 0 aliphatic carbocycles. The summed E-state index contributed by atoms with van der Waals surface area (Å²) >= 11 is 0. The fraction of sp³-hybridized carbons (Fsp3) is 0.278. The van der Waals surface area contributed by atoms with E-state index >= 15 is 0 Å². The van der Waals surface area contributed by atoms with Crippen LogP contribution < -0.4 is 15.2 Å². The third-order valence-corrected chi connectivity index (χ3v) is 3.99. The number of hydrogen-bond donors (Lipinski definition) is 2. The number of amides is 1. The summed E-state index contributed by atoms with van der Waals surface area (Å²) in [5.74, 6) is 0.531. The number of nitrogens with two attached hydrogens (primary N) is 1. The van der Waals surface area contributed by atoms with Gasteiger partial charge in [0, 0.05) is 11.3 Å². The van der Waals surface area contributed by atoms with Crippen molar-refractivity contribution in [2.45, 2.75) is 19.6 Å². The lowest BCUT2D eigenvalue weighted by Crippen LogP contribution is -2.15. The Labute approximate surface area is 148 Å². The summed E-state index contributed by atoms with van der Waals surface area (Å²) in [5.41, 5.74) is 1.61. The van der Waals surface area contributed by atoms with Gasteiger partial charge in [-0.3, -0.25) is 4.79 Å². The second-order valence-corrected chi connectivity index (χ2v) is 7.81. The molecule has 0 aliphatic rings. The molecule has 0 saturated carbocycles. The molecule has 1 amide bonds. The van der Waals surface area contributed by atoms with Crippen molar-refractivity contribution in [1.82, 2.24) is 0 Å². The average Bonchev–Trinajstić information content (AvgIpc) is 2.53. The van der Waals surface area contributed by atoms with Crippen LogP contribution in [-0.4, -0.2) is 20.9 Å². The maximum absolute atomic E-state index is 12.3. The second kappa shape index (κ2) is 8.13. The van der Waals surface area contributed by atoms with Gasteiger partial charge in [-0.25, -0.2) is 13.6 Å². The molecule has 0 aromatic heterocycles. The highest BCUT2D eigenvalue weighted by molar-refractivity contribution is 7.88. The lowest BCUT2D eigenvalue weighted by Gasteiger charge is -2.10. The van der Waals surface area contributed by atoms with Crippen molar-refractivity contribution in [3.05, 3.63) is 59.7 Å². The fourth-order valence-electron chi connectivity index (χ4n) is 2.11. The highest BCUT2D eigenvalue weighted by atomic mass is 32.2. The van der Waals surface area contributed by atoms with Gasteiger partial charge in [0.05, 0.1) is 12.4 Å². The van der Waals surface area contributed by atoms with Crippen molar-refractivity contribution >= 4 is 21.6 Å². The van der Waals surface area contributed by atoms with Gasteiger partial charge in [0.15, 0.2) is 0 Å². The summed E-state index contributed by atoms with van der Waals surface area (Å²) < 4.78 is 27.8. The summed E-state index contributed by atoms with van der Waals surface area (Å²) in [6.07, 6.45) is 0. The van der Waals surface area contributed by atoms with Gasteiger partial charge in [-0.15, -0.1) is 0 Å². The van der Waals surface area contributed by atoms with Gasteiger partial charge in [-0.1, -0.05) is 32.0 Å². The Bertz CT molecular complexity index is 830. The number of sulfonamides is 1. The number of nitrogens with one attached hydrogen (secondary N) is 1. The van der Waals surface area contributed by atoms with Gasteiger partial charge >= 0.3 is 0 Å². The number of ether oxygens (including phenoxy) is 1. The molecule has 0 radical (unpaired) electrons. The Hall–Kier alpha value is -2.38. The van der Waals surface area contributed by atoms with Crippen molar-refractivity contribution in [3.8, 4) is 5.75 Å². The number of carbonyl (C=O) groups is 1. The number of benzene rings is 2. The molecule has 0 fully saturated rings. The van der Waals surface area contributed by atoms with Crippen LogP contribution in [0.4, 0.5) is 5.69 Å². The van der Waals surface area contributed by atoms with Crippen molar-refractivity contribution < 1.29 is 17.9 Å². The maximum atomic E-state index is 12.3. The van der Waals surface area contributed by atoms with E-state index in [1.54, 1.807) is 48.5 Å². The molecule has 134 valence electrons. The van der Waals surface area contributed by atoms with Gasteiger partial charge in [0.25, 0.3) is 5.91 Å². The first kappa shape index (κ1) is 19.0. The molecule has 0 spiro atoms. The molecule has 6 nitrogen and oxygen atoms in total. The van der Waals surface area contributed by atoms with Crippen molar-refractivity contribution in [3.63, 3.8) is 0 Å². The van der Waals surface area contributed by atoms with Gasteiger partial charge in [0.1, 0.15) is 5.75 Å². The number of hydrogen-bond acceptors (Lipinski definition) is 4. The van der Waals surface area contributed by atoms with Crippen LogP contribution in [-0.2, 0) is 15.8 Å². The first-order valence-electron chi connectivity index (χ1n) is 7.86. The minimum absolute atomic E-state index is 0.240. The number of rotatable bonds is 7. The normalized spacial score (nSPS) is 11.4. The van der Waals surface area contributed by atoms with Crippen LogP contribution in [0.15, 0.2) is 48.5 Å². The van der Waals surface area contributed by atoms with E-state index < -0.39 is 10.0 Å². The number of primary sulfonamides is 1.